The topological polar surface area (TPSA) is 12.0 Å². The molecule has 5 heteroatoms. The zero-order valence-electron chi connectivity index (χ0n) is 9.57. The summed E-state index contributed by atoms with van der Waals surface area (Å²) in [6.45, 7) is 0.827. The Hall–Kier alpha value is -1.10. The fraction of sp³-hybridized carbons (Fsp3) is 0.500. The minimum Gasteiger partial charge on any atom is -0.320 e. The van der Waals surface area contributed by atoms with Crippen molar-refractivity contribution in [1.29, 1.82) is 0 Å². The van der Waals surface area contributed by atoms with E-state index in [-0.39, 0.29) is 0 Å². The quantitative estimate of drug-likeness (QED) is 0.623. The molecule has 96 valence electrons. The lowest BCUT2D eigenvalue weighted by molar-refractivity contribution is -0.140. The Kier molecular flexibility index (Phi) is 4.93. The molecule has 1 rings (SSSR count). The van der Waals surface area contributed by atoms with Crippen LogP contribution in [-0.4, -0.2) is 13.6 Å². The lowest BCUT2D eigenvalue weighted by atomic mass is 10.0. The molecule has 0 aliphatic carbocycles. The summed E-state index contributed by atoms with van der Waals surface area (Å²) >= 11 is 0. The molecule has 0 saturated heterocycles. The van der Waals surface area contributed by atoms with E-state index in [1.807, 2.05) is 7.05 Å². The molecule has 0 radical (unpaired) electrons. The van der Waals surface area contributed by atoms with Crippen molar-refractivity contribution in [2.45, 2.75) is 25.4 Å². The van der Waals surface area contributed by atoms with Crippen LogP contribution in [0.15, 0.2) is 18.2 Å². The summed E-state index contributed by atoms with van der Waals surface area (Å²) < 4.78 is 50.2. The SMILES string of the molecule is CNCCCCc1ccc(F)c(C(F)(F)F)c1. The lowest BCUT2D eigenvalue weighted by Crippen LogP contribution is -2.09. The van der Waals surface area contributed by atoms with Gasteiger partial charge in [-0.25, -0.2) is 4.39 Å². The van der Waals surface area contributed by atoms with Crippen molar-refractivity contribution in [3.05, 3.63) is 35.1 Å². The van der Waals surface area contributed by atoms with Gasteiger partial charge >= 0.3 is 6.18 Å². The average Bonchev–Trinajstić information content (AvgIpc) is 2.25. The Labute approximate surface area is 97.8 Å². The van der Waals surface area contributed by atoms with E-state index in [0.717, 1.165) is 31.5 Å². The third-order valence-electron chi connectivity index (χ3n) is 2.48. The van der Waals surface area contributed by atoms with E-state index in [1.165, 1.54) is 6.07 Å². The molecular weight excluding hydrogens is 234 g/mol. The third kappa shape index (κ3) is 4.34. The van der Waals surface area contributed by atoms with Crippen LogP contribution in [0, 0.1) is 5.82 Å². The fourth-order valence-corrected chi connectivity index (χ4v) is 1.58. The fourth-order valence-electron chi connectivity index (χ4n) is 1.58. The van der Waals surface area contributed by atoms with Gasteiger partial charge < -0.3 is 5.32 Å². The molecule has 0 amide bonds. The summed E-state index contributed by atoms with van der Waals surface area (Å²) in [4.78, 5) is 0. The van der Waals surface area contributed by atoms with Crippen LogP contribution in [-0.2, 0) is 12.6 Å². The molecule has 0 aliphatic rings. The van der Waals surface area contributed by atoms with E-state index in [0.29, 0.717) is 12.0 Å². The highest BCUT2D eigenvalue weighted by Crippen LogP contribution is 2.32. The molecular formula is C12H15F4N. The van der Waals surface area contributed by atoms with Gasteiger partial charge in [0.05, 0.1) is 5.56 Å². The normalized spacial score (nSPS) is 11.8. The van der Waals surface area contributed by atoms with Crippen LogP contribution in [0.4, 0.5) is 17.6 Å². The van der Waals surface area contributed by atoms with Crippen LogP contribution in [0.5, 0.6) is 0 Å². The van der Waals surface area contributed by atoms with Crippen LogP contribution >= 0.6 is 0 Å². The highest BCUT2D eigenvalue weighted by Gasteiger charge is 2.34. The Bertz CT molecular complexity index is 360. The average molecular weight is 249 g/mol. The summed E-state index contributed by atoms with van der Waals surface area (Å²) in [5, 5.41) is 2.96. The number of unbranched alkanes of at least 4 members (excludes halogenated alkanes) is 1. The van der Waals surface area contributed by atoms with Crippen molar-refractivity contribution in [3.8, 4) is 0 Å². The number of hydrogen-bond acceptors (Lipinski definition) is 1. The number of nitrogens with one attached hydrogen (secondary N) is 1. The third-order valence-corrected chi connectivity index (χ3v) is 2.48. The molecule has 0 saturated carbocycles. The van der Waals surface area contributed by atoms with Crippen molar-refractivity contribution in [2.24, 2.45) is 0 Å². The van der Waals surface area contributed by atoms with E-state index in [9.17, 15) is 17.6 Å². The van der Waals surface area contributed by atoms with Gasteiger partial charge in [0, 0.05) is 0 Å². The summed E-state index contributed by atoms with van der Waals surface area (Å²) in [5.74, 6) is -1.21. The van der Waals surface area contributed by atoms with E-state index >= 15 is 0 Å². The first kappa shape index (κ1) is 14.0. The molecule has 0 spiro atoms. The van der Waals surface area contributed by atoms with Crippen molar-refractivity contribution in [2.75, 3.05) is 13.6 Å². The highest BCUT2D eigenvalue weighted by atomic mass is 19.4. The molecule has 17 heavy (non-hydrogen) atoms. The van der Waals surface area contributed by atoms with Crippen LogP contribution in [0.3, 0.4) is 0 Å². The smallest absolute Gasteiger partial charge is 0.320 e. The van der Waals surface area contributed by atoms with Gasteiger partial charge in [-0.3, -0.25) is 0 Å². The van der Waals surface area contributed by atoms with Gasteiger partial charge in [-0.2, -0.15) is 13.2 Å². The molecule has 1 N–H and O–H groups in total. The Morgan fingerprint density at radius 2 is 1.88 bits per heavy atom. The maximum absolute atomic E-state index is 13.0. The number of aryl methyl sites for hydroxylation is 1. The lowest BCUT2D eigenvalue weighted by Gasteiger charge is -2.10. The van der Waals surface area contributed by atoms with E-state index in [2.05, 4.69) is 5.32 Å². The number of benzene rings is 1. The van der Waals surface area contributed by atoms with Crippen molar-refractivity contribution >= 4 is 0 Å². The Morgan fingerprint density at radius 3 is 2.47 bits per heavy atom. The Balaban J connectivity index is 2.69. The first-order valence-electron chi connectivity index (χ1n) is 5.45. The van der Waals surface area contributed by atoms with Crippen LogP contribution in [0.25, 0.3) is 0 Å². The monoisotopic (exact) mass is 249 g/mol. The summed E-state index contributed by atoms with van der Waals surface area (Å²) in [6.07, 6.45) is -2.42. The van der Waals surface area contributed by atoms with Gasteiger partial charge in [0.15, 0.2) is 0 Å². The van der Waals surface area contributed by atoms with Gasteiger partial charge in [-0.05, 0) is 50.6 Å². The van der Waals surface area contributed by atoms with Gasteiger partial charge in [0.1, 0.15) is 5.82 Å². The van der Waals surface area contributed by atoms with Crippen molar-refractivity contribution in [1.82, 2.24) is 5.32 Å². The van der Waals surface area contributed by atoms with Gasteiger partial charge in [-0.15, -0.1) is 0 Å². The van der Waals surface area contributed by atoms with E-state index in [1.54, 1.807) is 0 Å². The van der Waals surface area contributed by atoms with Crippen LogP contribution in [0.1, 0.15) is 24.0 Å². The van der Waals surface area contributed by atoms with Crippen LogP contribution in [0.2, 0.25) is 0 Å². The minimum atomic E-state index is -4.62. The van der Waals surface area contributed by atoms with Crippen molar-refractivity contribution in [3.63, 3.8) is 0 Å². The molecule has 0 aromatic heterocycles. The second-order valence-electron chi connectivity index (χ2n) is 3.87. The molecule has 1 nitrogen and oxygen atoms in total. The zero-order chi connectivity index (χ0) is 12.9. The second kappa shape index (κ2) is 6.00. The molecule has 1 aromatic rings. The molecule has 0 unspecified atom stereocenters. The number of rotatable bonds is 5. The number of halogens is 4. The van der Waals surface area contributed by atoms with E-state index < -0.39 is 17.6 Å². The molecule has 0 atom stereocenters. The molecule has 0 fully saturated rings. The second-order valence-corrected chi connectivity index (χ2v) is 3.87. The van der Waals surface area contributed by atoms with Gasteiger partial charge in [0.25, 0.3) is 0 Å². The standard InChI is InChI=1S/C12H15F4N/c1-17-7-3-2-4-9-5-6-11(13)10(8-9)12(14,15)16/h5-6,8,17H,2-4,7H2,1H3. The molecule has 0 bridgehead atoms. The van der Waals surface area contributed by atoms with E-state index in [4.69, 9.17) is 0 Å². The number of hydrogen-bond donors (Lipinski definition) is 1. The Morgan fingerprint density at radius 1 is 1.18 bits per heavy atom. The minimum absolute atomic E-state index is 0.523. The highest BCUT2D eigenvalue weighted by molar-refractivity contribution is 5.27. The predicted octanol–water partition coefficient (Wildman–Crippen LogP) is 3.39. The maximum Gasteiger partial charge on any atom is 0.419 e. The predicted molar refractivity (Wildman–Crippen MR) is 58.3 cm³/mol. The summed E-state index contributed by atoms with van der Waals surface area (Å²) in [7, 11) is 1.82. The first-order chi connectivity index (χ1) is 7.95. The molecule has 1 aromatic carbocycles. The summed E-state index contributed by atoms with van der Waals surface area (Å²) in [6, 6.07) is 3.19. The van der Waals surface area contributed by atoms with Gasteiger partial charge in [0.2, 0.25) is 0 Å². The molecule has 0 heterocycles. The van der Waals surface area contributed by atoms with Gasteiger partial charge in [-0.1, -0.05) is 6.07 Å². The molecule has 0 aliphatic heterocycles. The number of alkyl halides is 3. The summed E-state index contributed by atoms with van der Waals surface area (Å²) in [5.41, 5.74) is -0.654. The zero-order valence-corrected chi connectivity index (χ0v) is 9.57. The van der Waals surface area contributed by atoms with Crippen molar-refractivity contribution < 1.29 is 17.6 Å². The largest absolute Gasteiger partial charge is 0.419 e. The van der Waals surface area contributed by atoms with Crippen LogP contribution < -0.4 is 5.32 Å². The first-order valence-corrected chi connectivity index (χ1v) is 5.45. The maximum atomic E-state index is 13.0.